The second kappa shape index (κ2) is 8.76. The Morgan fingerprint density at radius 3 is 2.77 bits per heavy atom. The Labute approximate surface area is 132 Å². The first-order valence-electron chi connectivity index (χ1n) is 7.88. The Morgan fingerprint density at radius 2 is 2.09 bits per heavy atom. The van der Waals surface area contributed by atoms with Crippen LogP contribution in [0, 0.1) is 0 Å². The number of carbonyl (C=O) groups excluding carboxylic acids is 1. The number of rotatable bonds is 7. The van der Waals surface area contributed by atoms with E-state index in [1.165, 1.54) is 0 Å². The van der Waals surface area contributed by atoms with Gasteiger partial charge in [-0.05, 0) is 24.6 Å². The van der Waals surface area contributed by atoms with Crippen LogP contribution in [0.1, 0.15) is 35.7 Å². The molecule has 0 aliphatic carbocycles. The molecule has 0 atom stereocenters. The van der Waals surface area contributed by atoms with Crippen LogP contribution in [0.2, 0.25) is 0 Å². The van der Waals surface area contributed by atoms with E-state index >= 15 is 0 Å². The van der Waals surface area contributed by atoms with Crippen molar-refractivity contribution in [3.8, 4) is 5.75 Å². The van der Waals surface area contributed by atoms with Gasteiger partial charge in [0.05, 0.1) is 26.9 Å². The van der Waals surface area contributed by atoms with Crippen molar-refractivity contribution in [2.24, 2.45) is 0 Å². The van der Waals surface area contributed by atoms with Crippen LogP contribution in [0.15, 0.2) is 18.2 Å². The Hall–Kier alpha value is -1.59. The third-order valence-electron chi connectivity index (χ3n) is 3.73. The summed E-state index contributed by atoms with van der Waals surface area (Å²) in [5.41, 5.74) is 1.59. The number of benzene rings is 1. The third kappa shape index (κ3) is 4.45. The van der Waals surface area contributed by atoms with Gasteiger partial charge in [-0.25, -0.2) is 0 Å². The van der Waals surface area contributed by atoms with E-state index < -0.39 is 0 Å². The number of carbonyl (C=O) groups is 1. The lowest BCUT2D eigenvalue weighted by molar-refractivity contribution is 0.0302. The molecule has 1 heterocycles. The van der Waals surface area contributed by atoms with Crippen LogP contribution in [0.25, 0.3) is 0 Å². The van der Waals surface area contributed by atoms with E-state index in [4.69, 9.17) is 14.2 Å². The van der Waals surface area contributed by atoms with Gasteiger partial charge in [0.1, 0.15) is 5.75 Å². The molecule has 1 aromatic carbocycles. The zero-order valence-corrected chi connectivity index (χ0v) is 13.5. The molecule has 1 aliphatic heterocycles. The van der Waals surface area contributed by atoms with Gasteiger partial charge in [-0.3, -0.25) is 4.79 Å². The molecule has 1 aromatic rings. The fourth-order valence-corrected chi connectivity index (χ4v) is 2.40. The van der Waals surface area contributed by atoms with Crippen LogP contribution < -0.4 is 4.74 Å². The van der Waals surface area contributed by atoms with E-state index in [1.54, 1.807) is 7.11 Å². The second-order valence-electron chi connectivity index (χ2n) is 5.34. The molecule has 0 aromatic heterocycles. The van der Waals surface area contributed by atoms with Gasteiger partial charge >= 0.3 is 0 Å². The zero-order chi connectivity index (χ0) is 15.8. The first kappa shape index (κ1) is 16.8. The summed E-state index contributed by atoms with van der Waals surface area (Å²) in [5.74, 6) is 0.802. The monoisotopic (exact) mass is 307 g/mol. The van der Waals surface area contributed by atoms with Crippen LogP contribution in [0.4, 0.5) is 0 Å². The molecule has 0 radical (unpaired) electrons. The van der Waals surface area contributed by atoms with Crippen LogP contribution in [-0.4, -0.2) is 50.8 Å². The highest BCUT2D eigenvalue weighted by atomic mass is 16.5. The summed E-state index contributed by atoms with van der Waals surface area (Å²) in [6.07, 6.45) is 2.14. The van der Waals surface area contributed by atoms with E-state index in [9.17, 15) is 4.79 Å². The summed E-state index contributed by atoms with van der Waals surface area (Å²) in [7, 11) is 1.63. The molecule has 0 N–H and O–H groups in total. The van der Waals surface area contributed by atoms with Crippen molar-refractivity contribution in [1.29, 1.82) is 0 Å². The summed E-state index contributed by atoms with van der Waals surface area (Å²) in [6.45, 7) is 5.82. The lowest BCUT2D eigenvalue weighted by atomic mass is 10.1. The highest BCUT2D eigenvalue weighted by Gasteiger charge is 2.19. The van der Waals surface area contributed by atoms with E-state index in [1.807, 2.05) is 23.1 Å². The van der Waals surface area contributed by atoms with Crippen molar-refractivity contribution in [2.75, 3.05) is 40.0 Å². The van der Waals surface area contributed by atoms with Crippen LogP contribution in [-0.2, 0) is 16.1 Å². The molecule has 5 nitrogen and oxygen atoms in total. The summed E-state index contributed by atoms with van der Waals surface area (Å²) < 4.78 is 16.3. The van der Waals surface area contributed by atoms with Crippen molar-refractivity contribution < 1.29 is 19.0 Å². The lowest BCUT2D eigenvalue weighted by Gasteiger charge is -2.27. The maximum Gasteiger partial charge on any atom is 0.254 e. The predicted octanol–water partition coefficient (Wildman–Crippen LogP) is 2.48. The number of hydrogen-bond acceptors (Lipinski definition) is 4. The van der Waals surface area contributed by atoms with Crippen LogP contribution in [0.3, 0.4) is 0 Å². The number of methoxy groups -OCH3 is 1. The highest BCUT2D eigenvalue weighted by molar-refractivity contribution is 5.94. The molecule has 1 amide bonds. The maximum absolute atomic E-state index is 12.5. The van der Waals surface area contributed by atoms with Gasteiger partial charge in [0, 0.05) is 30.8 Å². The maximum atomic E-state index is 12.5. The topological polar surface area (TPSA) is 48.0 Å². The van der Waals surface area contributed by atoms with Gasteiger partial charge in [0.2, 0.25) is 0 Å². The average Bonchev–Trinajstić information content (AvgIpc) is 2.58. The van der Waals surface area contributed by atoms with Gasteiger partial charge in [0.25, 0.3) is 5.91 Å². The highest BCUT2D eigenvalue weighted by Crippen LogP contribution is 2.22. The summed E-state index contributed by atoms with van der Waals surface area (Å²) in [6, 6.07) is 5.53. The molecule has 1 saturated heterocycles. The Kier molecular flexibility index (Phi) is 6.68. The normalized spacial score (nSPS) is 14.9. The molecule has 0 bridgehead atoms. The van der Waals surface area contributed by atoms with Crippen molar-refractivity contribution in [3.63, 3.8) is 0 Å². The van der Waals surface area contributed by atoms with Crippen LogP contribution >= 0.6 is 0 Å². The van der Waals surface area contributed by atoms with Crippen molar-refractivity contribution >= 4 is 5.91 Å². The van der Waals surface area contributed by atoms with Crippen molar-refractivity contribution in [3.05, 3.63) is 29.3 Å². The van der Waals surface area contributed by atoms with Crippen LogP contribution in [0.5, 0.6) is 5.75 Å². The van der Waals surface area contributed by atoms with Gasteiger partial charge in [0.15, 0.2) is 0 Å². The number of nitrogens with zero attached hydrogens (tertiary/aromatic N) is 1. The molecule has 1 aliphatic rings. The van der Waals surface area contributed by atoms with E-state index in [0.29, 0.717) is 38.5 Å². The van der Waals surface area contributed by atoms with Gasteiger partial charge < -0.3 is 19.1 Å². The molecule has 122 valence electrons. The molecule has 0 unspecified atom stereocenters. The second-order valence-corrected chi connectivity index (χ2v) is 5.34. The quantitative estimate of drug-likeness (QED) is 0.726. The number of hydrogen-bond donors (Lipinski definition) is 0. The molecular weight excluding hydrogens is 282 g/mol. The molecule has 0 saturated carbocycles. The van der Waals surface area contributed by atoms with E-state index in [-0.39, 0.29) is 5.91 Å². The minimum Gasteiger partial charge on any atom is -0.496 e. The smallest absolute Gasteiger partial charge is 0.254 e. The molecule has 0 spiro atoms. The lowest BCUT2D eigenvalue weighted by Crippen LogP contribution is -2.40. The standard InChI is InChI=1S/C17H25NO4/c1-3-4-9-22-13-15-12-14(5-6-16(15)20-2)17(19)18-7-10-21-11-8-18/h5-6,12H,3-4,7-11,13H2,1-2H3. The Bertz CT molecular complexity index is 484. The number of amides is 1. The first-order valence-corrected chi connectivity index (χ1v) is 7.88. The molecular formula is C17H25NO4. The SMILES string of the molecule is CCCCOCc1cc(C(=O)N2CCOCC2)ccc1OC. The van der Waals surface area contributed by atoms with Gasteiger partial charge in [-0.15, -0.1) is 0 Å². The van der Waals surface area contributed by atoms with Gasteiger partial charge in [-0.1, -0.05) is 13.3 Å². The van der Waals surface area contributed by atoms with Crippen molar-refractivity contribution in [1.82, 2.24) is 4.90 Å². The fraction of sp³-hybridized carbons (Fsp3) is 0.588. The molecule has 1 fully saturated rings. The Balaban J connectivity index is 2.06. The Morgan fingerprint density at radius 1 is 1.32 bits per heavy atom. The molecule has 22 heavy (non-hydrogen) atoms. The summed E-state index contributed by atoms with van der Waals surface area (Å²) in [5, 5.41) is 0. The average molecular weight is 307 g/mol. The summed E-state index contributed by atoms with van der Waals surface area (Å²) in [4.78, 5) is 14.3. The fourth-order valence-electron chi connectivity index (χ4n) is 2.40. The summed E-state index contributed by atoms with van der Waals surface area (Å²) >= 11 is 0. The number of ether oxygens (including phenoxy) is 3. The number of morpholine rings is 1. The van der Waals surface area contributed by atoms with Gasteiger partial charge in [-0.2, -0.15) is 0 Å². The minimum absolute atomic E-state index is 0.0424. The predicted molar refractivity (Wildman–Crippen MR) is 84.3 cm³/mol. The van der Waals surface area contributed by atoms with E-state index in [2.05, 4.69) is 6.92 Å². The molecule has 5 heteroatoms. The third-order valence-corrected chi connectivity index (χ3v) is 3.73. The number of unbranched alkanes of at least 4 members (excludes halogenated alkanes) is 1. The minimum atomic E-state index is 0.0424. The van der Waals surface area contributed by atoms with Crippen molar-refractivity contribution in [2.45, 2.75) is 26.4 Å². The molecule has 2 rings (SSSR count). The first-order chi connectivity index (χ1) is 10.8. The largest absolute Gasteiger partial charge is 0.496 e. The zero-order valence-electron chi connectivity index (χ0n) is 13.5. The van der Waals surface area contributed by atoms with E-state index in [0.717, 1.165) is 30.8 Å².